The number of carbonyl (C=O) groups is 3. The van der Waals surface area contributed by atoms with E-state index in [-0.39, 0.29) is 31.1 Å². The summed E-state index contributed by atoms with van der Waals surface area (Å²) in [5.74, 6) is -0.777. The Morgan fingerprint density at radius 1 is 0.900 bits per heavy atom. The van der Waals surface area contributed by atoms with Gasteiger partial charge < -0.3 is 19.7 Å². The fourth-order valence-corrected chi connectivity index (χ4v) is 5.97. The van der Waals surface area contributed by atoms with E-state index in [1.807, 2.05) is 30.3 Å². The summed E-state index contributed by atoms with van der Waals surface area (Å²) in [6, 6.07) is 14.7. The highest BCUT2D eigenvalue weighted by Gasteiger charge is 2.43. The van der Waals surface area contributed by atoms with E-state index in [0.717, 1.165) is 25.8 Å². The van der Waals surface area contributed by atoms with Crippen LogP contribution in [0.3, 0.4) is 0 Å². The number of ether oxygens (including phenoxy) is 2. The normalized spacial score (nSPS) is 13.7. The standard InChI is InChI=1S/C17H21F3N2O3S.C10H11BrO2S/c1-25-15(23)13-4-2-3-5-14(13)26-11-8-21-12-6-9-22(10-7-12)16(24)17(18,19)20;1-13-10(12)8-4-2-3-5-9(8)14-7-6-11/h2-5,12,21H,6-11H2,1H3;2-5H,6-7H2,1H3. The van der Waals surface area contributed by atoms with Crippen molar-refractivity contribution in [2.24, 2.45) is 0 Å². The van der Waals surface area contributed by atoms with E-state index in [4.69, 9.17) is 9.47 Å². The molecule has 0 bridgehead atoms. The molecule has 1 heterocycles. The number of nitrogens with one attached hydrogen (secondary N) is 1. The van der Waals surface area contributed by atoms with Crippen molar-refractivity contribution in [3.63, 3.8) is 0 Å². The lowest BCUT2D eigenvalue weighted by molar-refractivity contribution is -0.186. The molecule has 0 unspecified atom stereocenters. The highest BCUT2D eigenvalue weighted by molar-refractivity contribution is 9.09. The highest BCUT2D eigenvalue weighted by atomic mass is 79.9. The minimum atomic E-state index is -4.80. The Bertz CT molecular complexity index is 1120. The number of rotatable bonds is 10. The van der Waals surface area contributed by atoms with Crippen LogP contribution in [0, 0.1) is 0 Å². The monoisotopic (exact) mass is 664 g/mol. The van der Waals surface area contributed by atoms with Gasteiger partial charge in [0.05, 0.1) is 25.3 Å². The number of nitrogens with zero attached hydrogens (tertiary/aromatic N) is 1. The first kappa shape index (κ1) is 34.0. The van der Waals surface area contributed by atoms with Crippen molar-refractivity contribution in [3.05, 3.63) is 59.7 Å². The van der Waals surface area contributed by atoms with E-state index < -0.39 is 12.1 Å². The molecule has 0 saturated carbocycles. The van der Waals surface area contributed by atoms with Crippen molar-refractivity contribution >= 4 is 57.3 Å². The molecule has 7 nitrogen and oxygen atoms in total. The number of alkyl halides is 4. The Labute approximate surface area is 249 Å². The molecule has 40 heavy (non-hydrogen) atoms. The summed E-state index contributed by atoms with van der Waals surface area (Å²) in [5.41, 5.74) is 1.15. The van der Waals surface area contributed by atoms with Gasteiger partial charge in [-0.15, -0.1) is 23.5 Å². The molecule has 0 atom stereocenters. The molecule has 3 rings (SSSR count). The molecular weight excluding hydrogens is 633 g/mol. The lowest BCUT2D eigenvalue weighted by Crippen LogP contribution is -2.49. The highest BCUT2D eigenvalue weighted by Crippen LogP contribution is 2.25. The molecule has 2 aromatic carbocycles. The number of carbonyl (C=O) groups excluding carboxylic acids is 3. The largest absolute Gasteiger partial charge is 0.471 e. The second kappa shape index (κ2) is 17.6. The van der Waals surface area contributed by atoms with E-state index in [1.165, 1.54) is 26.0 Å². The molecule has 220 valence electrons. The van der Waals surface area contributed by atoms with Crippen LogP contribution >= 0.6 is 39.5 Å². The van der Waals surface area contributed by atoms with Gasteiger partial charge in [-0.3, -0.25) is 4.79 Å². The summed E-state index contributed by atoms with van der Waals surface area (Å²) in [5, 5.41) is 4.21. The SMILES string of the molecule is COC(=O)c1ccccc1SCCBr.COC(=O)c1ccccc1SCCNC1CCN(C(=O)C(F)(F)F)CC1. The number of halogens is 4. The molecule has 1 saturated heterocycles. The van der Waals surface area contributed by atoms with Gasteiger partial charge in [0.15, 0.2) is 0 Å². The molecule has 0 radical (unpaired) electrons. The van der Waals surface area contributed by atoms with Crippen LogP contribution in [0.5, 0.6) is 0 Å². The Morgan fingerprint density at radius 3 is 1.82 bits per heavy atom. The predicted molar refractivity (Wildman–Crippen MR) is 154 cm³/mol. The van der Waals surface area contributed by atoms with Crippen molar-refractivity contribution in [1.82, 2.24) is 10.2 Å². The van der Waals surface area contributed by atoms with Gasteiger partial charge in [0.25, 0.3) is 0 Å². The first-order chi connectivity index (χ1) is 19.1. The summed E-state index contributed by atoms with van der Waals surface area (Å²) < 4.78 is 46.7. The van der Waals surface area contributed by atoms with Crippen molar-refractivity contribution in [2.75, 3.05) is 50.7 Å². The van der Waals surface area contributed by atoms with Crippen LogP contribution in [0.2, 0.25) is 0 Å². The molecule has 1 fully saturated rings. The fraction of sp³-hybridized carbons (Fsp3) is 0.444. The third-order valence-corrected chi connectivity index (χ3v) is 8.81. The van der Waals surface area contributed by atoms with Gasteiger partial charge in [-0.1, -0.05) is 40.2 Å². The number of likely N-dealkylation sites (tertiary alicyclic amines) is 1. The second-order valence-corrected chi connectivity index (χ2v) is 11.4. The molecule has 1 amide bonds. The topological polar surface area (TPSA) is 84.9 Å². The van der Waals surface area contributed by atoms with E-state index in [9.17, 15) is 27.6 Å². The minimum Gasteiger partial charge on any atom is -0.465 e. The number of hydrogen-bond acceptors (Lipinski definition) is 8. The zero-order valence-corrected chi connectivity index (χ0v) is 25.4. The zero-order chi connectivity index (χ0) is 29.5. The van der Waals surface area contributed by atoms with E-state index in [0.29, 0.717) is 36.3 Å². The Hall–Kier alpha value is -2.22. The van der Waals surface area contributed by atoms with Gasteiger partial charge >= 0.3 is 24.0 Å². The Morgan fingerprint density at radius 2 is 1.38 bits per heavy atom. The molecular formula is C27H32BrF3N2O5S2. The van der Waals surface area contributed by atoms with E-state index in [2.05, 4.69) is 21.2 Å². The van der Waals surface area contributed by atoms with Crippen LogP contribution in [0.25, 0.3) is 0 Å². The van der Waals surface area contributed by atoms with Gasteiger partial charge in [0.2, 0.25) is 0 Å². The smallest absolute Gasteiger partial charge is 0.465 e. The quantitative estimate of drug-likeness (QED) is 0.151. The van der Waals surface area contributed by atoms with Crippen LogP contribution < -0.4 is 5.32 Å². The maximum atomic E-state index is 12.4. The number of amides is 1. The van der Waals surface area contributed by atoms with Gasteiger partial charge in [-0.25, -0.2) is 9.59 Å². The number of methoxy groups -OCH3 is 2. The van der Waals surface area contributed by atoms with Crippen molar-refractivity contribution < 1.29 is 37.0 Å². The van der Waals surface area contributed by atoms with Crippen molar-refractivity contribution in [2.45, 2.75) is 34.9 Å². The maximum Gasteiger partial charge on any atom is 0.471 e. The lowest BCUT2D eigenvalue weighted by Gasteiger charge is -2.32. The van der Waals surface area contributed by atoms with Gasteiger partial charge in [0.1, 0.15) is 0 Å². The molecule has 2 aromatic rings. The summed E-state index contributed by atoms with van der Waals surface area (Å²) in [7, 11) is 2.73. The van der Waals surface area contributed by atoms with Gasteiger partial charge in [-0.2, -0.15) is 13.2 Å². The third-order valence-electron chi connectivity index (χ3n) is 5.74. The maximum absolute atomic E-state index is 12.4. The predicted octanol–water partition coefficient (Wildman–Crippen LogP) is 5.67. The first-order valence-electron chi connectivity index (χ1n) is 12.4. The number of esters is 2. The molecule has 1 aliphatic rings. The number of hydrogen-bond donors (Lipinski definition) is 1. The second-order valence-electron chi connectivity index (χ2n) is 8.38. The van der Waals surface area contributed by atoms with Crippen molar-refractivity contribution in [3.8, 4) is 0 Å². The lowest BCUT2D eigenvalue weighted by atomic mass is 10.1. The van der Waals surface area contributed by atoms with Gasteiger partial charge in [0, 0.05) is 52.3 Å². The Kier molecular flexibility index (Phi) is 14.9. The molecule has 1 N–H and O–H groups in total. The van der Waals surface area contributed by atoms with Crippen LogP contribution in [0.4, 0.5) is 13.2 Å². The fourth-order valence-electron chi connectivity index (χ4n) is 3.78. The summed E-state index contributed by atoms with van der Waals surface area (Å²) >= 11 is 6.50. The molecule has 0 spiro atoms. The van der Waals surface area contributed by atoms with Crippen LogP contribution in [0.1, 0.15) is 33.6 Å². The molecule has 13 heteroatoms. The van der Waals surface area contributed by atoms with Crippen LogP contribution in [-0.2, 0) is 14.3 Å². The van der Waals surface area contributed by atoms with Crippen molar-refractivity contribution in [1.29, 1.82) is 0 Å². The summed E-state index contributed by atoms with van der Waals surface area (Å²) in [6.45, 7) is 0.862. The summed E-state index contributed by atoms with van der Waals surface area (Å²) in [6.07, 6.45) is -3.82. The average Bonchev–Trinajstić information content (AvgIpc) is 2.97. The molecule has 0 aliphatic carbocycles. The average molecular weight is 666 g/mol. The number of piperidine rings is 1. The minimum absolute atomic E-state index is 0.0868. The Balaban J connectivity index is 0.000000337. The zero-order valence-electron chi connectivity index (χ0n) is 22.2. The first-order valence-corrected chi connectivity index (χ1v) is 15.5. The van der Waals surface area contributed by atoms with Gasteiger partial charge in [-0.05, 0) is 37.1 Å². The number of benzene rings is 2. The molecule has 1 aliphatic heterocycles. The summed E-state index contributed by atoms with van der Waals surface area (Å²) in [4.78, 5) is 36.9. The number of thioether (sulfide) groups is 2. The van der Waals surface area contributed by atoms with Crippen LogP contribution in [-0.4, -0.2) is 85.7 Å². The van der Waals surface area contributed by atoms with E-state index in [1.54, 1.807) is 30.0 Å². The third kappa shape index (κ3) is 11.0. The van der Waals surface area contributed by atoms with Crippen LogP contribution in [0.15, 0.2) is 58.3 Å². The molecule has 0 aromatic heterocycles. The van der Waals surface area contributed by atoms with E-state index >= 15 is 0 Å².